The molecule has 1 amide bonds. The van der Waals surface area contributed by atoms with Crippen molar-refractivity contribution in [3.8, 4) is 5.75 Å². The molecule has 0 radical (unpaired) electrons. The van der Waals surface area contributed by atoms with Gasteiger partial charge in [-0.1, -0.05) is 93.7 Å². The summed E-state index contributed by atoms with van der Waals surface area (Å²) in [5, 5.41) is 12.1. The molecule has 0 aliphatic heterocycles. The highest BCUT2D eigenvalue weighted by Crippen LogP contribution is 2.20. The molecule has 0 saturated carbocycles. The average molecular weight is 626 g/mol. The number of carbonyl (C=O) groups is 3. The van der Waals surface area contributed by atoms with Crippen LogP contribution in [0.5, 0.6) is 5.75 Å². The van der Waals surface area contributed by atoms with E-state index < -0.39 is 29.3 Å². The van der Waals surface area contributed by atoms with Crippen molar-refractivity contribution in [2.75, 3.05) is 12.9 Å². The van der Waals surface area contributed by atoms with Gasteiger partial charge in [0.25, 0.3) is 5.91 Å². The monoisotopic (exact) mass is 625 g/mol. The summed E-state index contributed by atoms with van der Waals surface area (Å²) in [7, 11) is 1.46. The Kier molecular flexibility index (Phi) is 22.0. The lowest BCUT2D eigenvalue weighted by atomic mass is 10.0. The summed E-state index contributed by atoms with van der Waals surface area (Å²) in [6.45, 7) is 6.00. The lowest BCUT2D eigenvalue weighted by Gasteiger charge is -2.22. The fourth-order valence-corrected chi connectivity index (χ4v) is 4.95. The van der Waals surface area contributed by atoms with Crippen LogP contribution >= 0.6 is 11.8 Å². The number of thioether (sulfide) groups is 1. The number of rotatable bonds is 23. The molecule has 0 fully saturated rings. The molecule has 242 valence electrons. The summed E-state index contributed by atoms with van der Waals surface area (Å²) in [5.74, 6) is -1.55. The number of unbranched alkanes of at least 4 members (excludes halogenated alkanes) is 2. The van der Waals surface area contributed by atoms with Crippen molar-refractivity contribution >= 4 is 29.6 Å². The number of esters is 1. The number of hydrogen-bond acceptors (Lipinski definition) is 6. The normalized spacial score (nSPS) is 13.6. The van der Waals surface area contributed by atoms with Gasteiger partial charge in [-0.25, -0.2) is 9.59 Å². The molecule has 0 heterocycles. The van der Waals surface area contributed by atoms with E-state index in [4.69, 9.17) is 9.47 Å². The van der Waals surface area contributed by atoms with Gasteiger partial charge in [0.15, 0.2) is 5.44 Å². The van der Waals surface area contributed by atoms with Crippen molar-refractivity contribution in [1.29, 1.82) is 0 Å². The maximum atomic E-state index is 12.9. The third kappa shape index (κ3) is 18.3. The average Bonchev–Trinajstić information content (AvgIpc) is 2.99. The summed E-state index contributed by atoms with van der Waals surface area (Å²) in [6, 6.07) is 4.99. The van der Waals surface area contributed by atoms with Gasteiger partial charge in [-0.2, -0.15) is 0 Å². The van der Waals surface area contributed by atoms with Gasteiger partial charge in [-0.15, -0.1) is 11.8 Å². The smallest absolute Gasteiger partial charge is 0.339 e. The largest absolute Gasteiger partial charge is 0.478 e. The fraction of sp³-hybridized carbons (Fsp3) is 0.472. The van der Waals surface area contributed by atoms with Crippen molar-refractivity contribution in [2.24, 2.45) is 5.92 Å². The SMILES string of the molecule is CC/C=C\C/C=C\C/C=C\C/C=C\C/C=C\CCCCSC(OC)C(=O)NC(CC(C)C)C(=O)Oc1ccccc1C(=O)O. The standard InChI is InChI=1S/C36H51NO6S/c1-5-6-7-8-9-10-11-12-13-14-15-16-17-18-19-20-21-24-27-44-36(42-4)33(38)37-31(28-29(2)3)35(41)43-32-26-23-22-25-30(32)34(39)40/h6-7,9-10,12-13,15-16,18-19,22-23,25-26,29,31,36H,5,8,11,14,17,20-21,24,27-28H2,1-4H3,(H,37,38)(H,39,40)/b7-6-,10-9-,13-12-,16-15-,19-18-. The Hall–Kier alpha value is -3.36. The zero-order valence-electron chi connectivity index (χ0n) is 26.8. The number of carbonyl (C=O) groups excluding carboxylic acids is 2. The first kappa shape index (κ1) is 38.7. The van der Waals surface area contributed by atoms with Crippen LogP contribution in [0, 0.1) is 5.92 Å². The van der Waals surface area contributed by atoms with Crippen molar-refractivity contribution in [3.63, 3.8) is 0 Å². The molecule has 1 rings (SSSR count). The lowest BCUT2D eigenvalue weighted by Crippen LogP contribution is -2.47. The predicted octanol–water partition coefficient (Wildman–Crippen LogP) is 8.45. The Balaban J connectivity index is 2.35. The molecule has 44 heavy (non-hydrogen) atoms. The van der Waals surface area contributed by atoms with Crippen molar-refractivity contribution in [3.05, 3.63) is 90.6 Å². The van der Waals surface area contributed by atoms with E-state index in [1.54, 1.807) is 12.1 Å². The van der Waals surface area contributed by atoms with E-state index in [1.807, 2.05) is 13.8 Å². The van der Waals surface area contributed by atoms with Crippen LogP contribution in [0.1, 0.15) is 88.9 Å². The zero-order valence-corrected chi connectivity index (χ0v) is 27.6. The first-order valence-electron chi connectivity index (χ1n) is 15.5. The molecule has 0 spiro atoms. The lowest BCUT2D eigenvalue weighted by molar-refractivity contribution is -0.141. The molecule has 0 aromatic heterocycles. The highest BCUT2D eigenvalue weighted by Gasteiger charge is 2.28. The van der Waals surface area contributed by atoms with Gasteiger partial charge in [0.1, 0.15) is 17.4 Å². The van der Waals surface area contributed by atoms with Gasteiger partial charge in [0.2, 0.25) is 0 Å². The second-order valence-corrected chi connectivity index (χ2v) is 11.7. The molecule has 0 aliphatic rings. The second-order valence-electron chi connectivity index (χ2n) is 10.6. The highest BCUT2D eigenvalue weighted by molar-refractivity contribution is 8.00. The van der Waals surface area contributed by atoms with Crippen molar-refractivity contribution < 1.29 is 29.0 Å². The third-order valence-electron chi connectivity index (χ3n) is 6.26. The quantitative estimate of drug-likeness (QED) is 0.0414. The van der Waals surface area contributed by atoms with E-state index in [0.717, 1.165) is 57.1 Å². The predicted molar refractivity (Wildman–Crippen MR) is 182 cm³/mol. The van der Waals surface area contributed by atoms with Crippen LogP contribution in [0.25, 0.3) is 0 Å². The molecule has 0 saturated heterocycles. The summed E-state index contributed by atoms with van der Waals surface area (Å²) < 4.78 is 10.8. The van der Waals surface area contributed by atoms with E-state index in [0.29, 0.717) is 6.42 Å². The number of amides is 1. The number of benzene rings is 1. The summed E-state index contributed by atoms with van der Waals surface area (Å²) in [5.41, 5.74) is -0.886. The third-order valence-corrected chi connectivity index (χ3v) is 7.49. The summed E-state index contributed by atoms with van der Waals surface area (Å²) in [4.78, 5) is 37.3. The van der Waals surface area contributed by atoms with Gasteiger partial charge in [-0.3, -0.25) is 4.79 Å². The van der Waals surface area contributed by atoms with E-state index in [2.05, 4.69) is 73.0 Å². The van der Waals surface area contributed by atoms with E-state index in [9.17, 15) is 19.5 Å². The van der Waals surface area contributed by atoms with Crippen LogP contribution in [0.3, 0.4) is 0 Å². The Morgan fingerprint density at radius 3 is 1.98 bits per heavy atom. The zero-order chi connectivity index (χ0) is 32.4. The topological polar surface area (TPSA) is 102 Å². The molecule has 2 unspecified atom stereocenters. The molecule has 0 aliphatic carbocycles. The van der Waals surface area contributed by atoms with Crippen LogP contribution in [0.2, 0.25) is 0 Å². The molecule has 2 atom stereocenters. The summed E-state index contributed by atoms with van der Waals surface area (Å²) >= 11 is 1.39. The number of carboxylic acid groups (broad SMARTS) is 1. The minimum atomic E-state index is -1.20. The van der Waals surface area contributed by atoms with Crippen LogP contribution in [0.4, 0.5) is 0 Å². The number of ether oxygens (including phenoxy) is 2. The van der Waals surface area contributed by atoms with Crippen LogP contribution < -0.4 is 10.1 Å². The maximum absolute atomic E-state index is 12.9. The molecular weight excluding hydrogens is 574 g/mol. The van der Waals surface area contributed by atoms with Gasteiger partial charge < -0.3 is 19.9 Å². The van der Waals surface area contributed by atoms with E-state index in [1.165, 1.54) is 31.0 Å². The Labute approximate surface area is 268 Å². The Bertz CT molecular complexity index is 1120. The van der Waals surface area contributed by atoms with Crippen LogP contribution in [-0.2, 0) is 14.3 Å². The summed E-state index contributed by atoms with van der Waals surface area (Å²) in [6.07, 6.45) is 30.0. The molecule has 7 nitrogen and oxygen atoms in total. The number of allylic oxidation sites excluding steroid dienone is 10. The van der Waals surface area contributed by atoms with Crippen molar-refractivity contribution in [1.82, 2.24) is 5.32 Å². The number of hydrogen-bond donors (Lipinski definition) is 2. The van der Waals surface area contributed by atoms with Gasteiger partial charge in [-0.05, 0) is 81.6 Å². The fourth-order valence-electron chi connectivity index (χ4n) is 4.01. The van der Waals surface area contributed by atoms with Gasteiger partial charge in [0.05, 0.1) is 0 Å². The molecule has 0 bridgehead atoms. The number of carboxylic acids is 1. The Morgan fingerprint density at radius 2 is 1.43 bits per heavy atom. The molecule has 8 heteroatoms. The maximum Gasteiger partial charge on any atom is 0.339 e. The van der Waals surface area contributed by atoms with E-state index in [-0.39, 0.29) is 17.2 Å². The number of para-hydroxylation sites is 1. The number of aromatic carboxylic acids is 1. The number of nitrogens with one attached hydrogen (secondary N) is 1. The first-order valence-corrected chi connectivity index (χ1v) is 16.6. The number of methoxy groups -OCH3 is 1. The van der Waals surface area contributed by atoms with E-state index >= 15 is 0 Å². The molecule has 2 N–H and O–H groups in total. The second kappa shape index (κ2) is 25.0. The molecule has 1 aromatic rings. The van der Waals surface area contributed by atoms with Gasteiger partial charge >= 0.3 is 11.9 Å². The highest BCUT2D eigenvalue weighted by atomic mass is 32.2. The van der Waals surface area contributed by atoms with Crippen LogP contribution in [0.15, 0.2) is 85.0 Å². The first-order chi connectivity index (χ1) is 21.3. The minimum Gasteiger partial charge on any atom is -0.478 e. The minimum absolute atomic E-state index is 0.0572. The Morgan fingerprint density at radius 1 is 0.864 bits per heavy atom. The van der Waals surface area contributed by atoms with Gasteiger partial charge in [0, 0.05) is 7.11 Å². The van der Waals surface area contributed by atoms with Crippen LogP contribution in [-0.4, -0.2) is 47.3 Å². The van der Waals surface area contributed by atoms with Crippen molar-refractivity contribution in [2.45, 2.75) is 90.0 Å². The molecule has 1 aromatic carbocycles. The molecular formula is C36H51NO6S.